The number of morpholine rings is 1. The third kappa shape index (κ3) is 10.4. The summed E-state index contributed by atoms with van der Waals surface area (Å²) in [7, 11) is 0. The average Bonchev–Trinajstić information content (AvgIpc) is 2.70. The zero-order valence-corrected chi connectivity index (χ0v) is 20.1. The smallest absolute Gasteiger partial charge is 0.213 e. The molecular weight excluding hydrogens is 485 g/mol. The van der Waals surface area contributed by atoms with Crippen molar-refractivity contribution in [3.63, 3.8) is 0 Å². The van der Waals surface area contributed by atoms with Crippen molar-refractivity contribution in [3.8, 4) is 5.88 Å². The van der Waals surface area contributed by atoms with E-state index in [9.17, 15) is 5.11 Å². The maximum absolute atomic E-state index is 10.7. The molecule has 0 amide bonds. The molecule has 0 aromatic carbocycles. The first-order valence-electron chi connectivity index (χ1n) is 10.1. The maximum Gasteiger partial charge on any atom is 0.213 e. The number of aliphatic hydroxyl groups is 1. The van der Waals surface area contributed by atoms with E-state index < -0.39 is 5.60 Å². The van der Waals surface area contributed by atoms with Crippen LogP contribution in [0.4, 0.5) is 0 Å². The predicted octanol–water partition coefficient (Wildman–Crippen LogP) is 1.63. The van der Waals surface area contributed by atoms with Crippen LogP contribution in [-0.2, 0) is 11.3 Å². The highest BCUT2D eigenvalue weighted by atomic mass is 127. The lowest BCUT2D eigenvalue weighted by molar-refractivity contribution is -0.0201. The van der Waals surface area contributed by atoms with E-state index in [1.807, 2.05) is 26.0 Å². The molecule has 9 heteroatoms. The Bertz CT molecular complexity index is 592. The van der Waals surface area contributed by atoms with Gasteiger partial charge in [-0.2, -0.15) is 0 Å². The van der Waals surface area contributed by atoms with E-state index in [-0.39, 0.29) is 24.0 Å². The highest BCUT2D eigenvalue weighted by molar-refractivity contribution is 14.0. The van der Waals surface area contributed by atoms with E-state index in [0.29, 0.717) is 38.1 Å². The van der Waals surface area contributed by atoms with Crippen LogP contribution in [0.2, 0.25) is 0 Å². The van der Waals surface area contributed by atoms with E-state index in [1.165, 1.54) is 0 Å². The molecule has 1 saturated heterocycles. The number of β-amino-alcohol motifs (C(OH)–C–C–N with tert-alkyl or cyclic N) is 1. The third-order valence-electron chi connectivity index (χ3n) is 4.32. The number of nitrogens with zero attached hydrogens (tertiary/aromatic N) is 3. The van der Waals surface area contributed by atoms with Gasteiger partial charge in [-0.1, -0.05) is 13.0 Å². The summed E-state index contributed by atoms with van der Waals surface area (Å²) >= 11 is 0. The molecule has 0 radical (unpaired) electrons. The summed E-state index contributed by atoms with van der Waals surface area (Å²) in [4.78, 5) is 11.1. The van der Waals surface area contributed by atoms with Crippen molar-refractivity contribution in [3.05, 3.63) is 23.9 Å². The number of guanidine groups is 1. The molecule has 1 fully saturated rings. The van der Waals surface area contributed by atoms with E-state index in [4.69, 9.17) is 9.47 Å². The molecule has 1 aromatic rings. The molecule has 0 aliphatic carbocycles. The lowest BCUT2D eigenvalue weighted by Crippen LogP contribution is -2.52. The summed E-state index contributed by atoms with van der Waals surface area (Å²) in [6.45, 7) is 12.0. The number of aliphatic imine (C=N–C) groups is 1. The predicted molar refractivity (Wildman–Crippen MR) is 126 cm³/mol. The van der Waals surface area contributed by atoms with Gasteiger partial charge in [0.2, 0.25) is 5.88 Å². The summed E-state index contributed by atoms with van der Waals surface area (Å²) in [5, 5.41) is 17.2. The molecule has 0 spiro atoms. The van der Waals surface area contributed by atoms with Crippen molar-refractivity contribution in [2.24, 2.45) is 4.99 Å². The van der Waals surface area contributed by atoms with Crippen molar-refractivity contribution in [2.45, 2.75) is 39.3 Å². The molecule has 8 nitrogen and oxygen atoms in total. The average molecular weight is 521 g/mol. The van der Waals surface area contributed by atoms with Crippen LogP contribution >= 0.6 is 24.0 Å². The van der Waals surface area contributed by atoms with Crippen molar-refractivity contribution in [2.75, 3.05) is 52.5 Å². The fourth-order valence-electron chi connectivity index (χ4n) is 2.88. The number of ether oxygens (including phenoxy) is 2. The van der Waals surface area contributed by atoms with Crippen LogP contribution in [0.3, 0.4) is 0 Å². The summed E-state index contributed by atoms with van der Waals surface area (Å²) in [6.07, 6.45) is 2.74. The minimum atomic E-state index is -0.854. The van der Waals surface area contributed by atoms with Gasteiger partial charge in [-0.05, 0) is 25.8 Å². The molecule has 2 heterocycles. The standard InChI is InChI=1S/C20H35N5O3.HI/c1-4-10-28-18-7-6-17(13-22-18)14-23-19(21-5-2)24-15-20(3,26)16-25-8-11-27-12-9-25;/h6-7,13,26H,4-5,8-12,14-16H2,1-3H3,(H2,21,23,24);1H. The number of aromatic nitrogens is 1. The number of nitrogens with one attached hydrogen (secondary N) is 2. The van der Waals surface area contributed by atoms with Crippen LogP contribution < -0.4 is 15.4 Å². The Kier molecular flexibility index (Phi) is 12.4. The van der Waals surface area contributed by atoms with Gasteiger partial charge in [0.05, 0.1) is 32.0 Å². The summed E-state index contributed by atoms with van der Waals surface area (Å²) in [5.74, 6) is 1.31. The zero-order valence-electron chi connectivity index (χ0n) is 17.8. The molecule has 29 heavy (non-hydrogen) atoms. The Balaban J connectivity index is 0.00000420. The topological polar surface area (TPSA) is 91.2 Å². The van der Waals surface area contributed by atoms with Gasteiger partial charge in [0, 0.05) is 45.0 Å². The number of rotatable bonds is 10. The molecule has 1 atom stereocenters. The van der Waals surface area contributed by atoms with Crippen LogP contribution in [0.1, 0.15) is 32.8 Å². The lowest BCUT2D eigenvalue weighted by Gasteiger charge is -2.34. The molecule has 1 aromatic heterocycles. The van der Waals surface area contributed by atoms with Crippen LogP contribution in [0, 0.1) is 0 Å². The molecule has 1 unspecified atom stereocenters. The van der Waals surface area contributed by atoms with Gasteiger partial charge in [-0.3, -0.25) is 4.90 Å². The van der Waals surface area contributed by atoms with Crippen LogP contribution in [0.15, 0.2) is 23.3 Å². The maximum atomic E-state index is 10.7. The van der Waals surface area contributed by atoms with Crippen LogP contribution in [-0.4, -0.2) is 79.1 Å². The van der Waals surface area contributed by atoms with E-state index in [1.54, 1.807) is 6.20 Å². The molecule has 1 aliphatic rings. The van der Waals surface area contributed by atoms with Gasteiger partial charge in [0.25, 0.3) is 0 Å². The van der Waals surface area contributed by atoms with Crippen molar-refractivity contribution < 1.29 is 14.6 Å². The Morgan fingerprint density at radius 2 is 2.07 bits per heavy atom. The van der Waals surface area contributed by atoms with E-state index in [2.05, 4.69) is 32.4 Å². The first kappa shape index (κ1) is 25.9. The molecule has 0 bridgehead atoms. The second kappa shape index (κ2) is 13.9. The molecule has 1 aliphatic heterocycles. The van der Waals surface area contributed by atoms with Gasteiger partial charge in [-0.15, -0.1) is 24.0 Å². The van der Waals surface area contributed by atoms with Crippen LogP contribution in [0.25, 0.3) is 0 Å². The Hall–Kier alpha value is -1.17. The molecule has 0 saturated carbocycles. The van der Waals surface area contributed by atoms with E-state index in [0.717, 1.165) is 44.8 Å². The lowest BCUT2D eigenvalue weighted by atomic mass is 10.1. The zero-order chi connectivity index (χ0) is 20.2. The summed E-state index contributed by atoms with van der Waals surface area (Å²) in [6, 6.07) is 3.84. The fourth-order valence-corrected chi connectivity index (χ4v) is 2.88. The third-order valence-corrected chi connectivity index (χ3v) is 4.32. The largest absolute Gasteiger partial charge is 0.478 e. The van der Waals surface area contributed by atoms with Gasteiger partial charge in [0.15, 0.2) is 5.96 Å². The first-order valence-corrected chi connectivity index (χ1v) is 10.1. The summed E-state index contributed by atoms with van der Waals surface area (Å²) in [5.41, 5.74) is 0.147. The molecule has 166 valence electrons. The fraction of sp³-hybridized carbons (Fsp3) is 0.700. The number of halogens is 1. The minimum Gasteiger partial charge on any atom is -0.478 e. The SMILES string of the molecule is CCCOc1ccc(CN=C(NCC)NCC(C)(O)CN2CCOCC2)cn1.I. The molecular formula is C20H36IN5O3. The van der Waals surface area contributed by atoms with Crippen molar-refractivity contribution >= 4 is 29.9 Å². The number of hydrogen-bond donors (Lipinski definition) is 3. The molecule has 3 N–H and O–H groups in total. The second-order valence-electron chi connectivity index (χ2n) is 7.29. The molecule has 2 rings (SSSR count). The normalized spacial score (nSPS) is 17.2. The van der Waals surface area contributed by atoms with Crippen molar-refractivity contribution in [1.82, 2.24) is 20.5 Å². The Morgan fingerprint density at radius 1 is 1.31 bits per heavy atom. The quantitative estimate of drug-likeness (QED) is 0.245. The number of hydrogen-bond acceptors (Lipinski definition) is 6. The van der Waals surface area contributed by atoms with Gasteiger partial charge < -0.3 is 25.2 Å². The van der Waals surface area contributed by atoms with E-state index >= 15 is 0 Å². The van der Waals surface area contributed by atoms with Gasteiger partial charge in [0.1, 0.15) is 0 Å². The van der Waals surface area contributed by atoms with Gasteiger partial charge in [-0.25, -0.2) is 9.98 Å². The monoisotopic (exact) mass is 521 g/mol. The van der Waals surface area contributed by atoms with Gasteiger partial charge >= 0.3 is 0 Å². The van der Waals surface area contributed by atoms with Crippen LogP contribution in [0.5, 0.6) is 5.88 Å². The summed E-state index contributed by atoms with van der Waals surface area (Å²) < 4.78 is 10.9. The van der Waals surface area contributed by atoms with Crippen molar-refractivity contribution in [1.29, 1.82) is 0 Å². The first-order chi connectivity index (χ1) is 13.5. The highest BCUT2D eigenvalue weighted by Gasteiger charge is 2.25. The highest BCUT2D eigenvalue weighted by Crippen LogP contribution is 2.09. The number of pyridine rings is 1. The Morgan fingerprint density at radius 3 is 2.69 bits per heavy atom. The second-order valence-corrected chi connectivity index (χ2v) is 7.29. The minimum absolute atomic E-state index is 0. The Labute approximate surface area is 191 Å².